The number of aliphatic hydroxyl groups is 1. The first-order chi connectivity index (χ1) is 9.52. The van der Waals surface area contributed by atoms with E-state index in [0.717, 1.165) is 6.42 Å². The normalized spacial score (nSPS) is 19.9. The average molecular weight is 280 g/mol. The summed E-state index contributed by atoms with van der Waals surface area (Å²) in [7, 11) is 0. The molecule has 2 heterocycles. The fraction of sp³-hybridized carbons (Fsp3) is 0.615. The Morgan fingerprint density at radius 1 is 1.65 bits per heavy atom. The van der Waals surface area contributed by atoms with Gasteiger partial charge in [-0.1, -0.05) is 0 Å². The summed E-state index contributed by atoms with van der Waals surface area (Å²) in [6.45, 7) is 5.69. The minimum Gasteiger partial charge on any atom is -0.393 e. The van der Waals surface area contributed by atoms with Gasteiger partial charge in [0.05, 0.1) is 11.0 Å². The van der Waals surface area contributed by atoms with Gasteiger partial charge < -0.3 is 15.3 Å². The van der Waals surface area contributed by atoms with E-state index in [4.69, 9.17) is 0 Å². The Morgan fingerprint density at radius 2 is 2.40 bits per heavy atom. The smallest absolute Gasteiger partial charge is 0.311 e. The van der Waals surface area contributed by atoms with Gasteiger partial charge in [0, 0.05) is 31.6 Å². The average Bonchev–Trinajstić information content (AvgIpc) is 2.88. The third-order valence-corrected chi connectivity index (χ3v) is 3.62. The minimum atomic E-state index is -0.409. The molecule has 1 aliphatic rings. The number of pyridine rings is 1. The van der Waals surface area contributed by atoms with Crippen LogP contribution in [-0.2, 0) is 0 Å². The van der Waals surface area contributed by atoms with Crippen molar-refractivity contribution in [1.82, 2.24) is 4.98 Å². The molecular weight excluding hydrogens is 260 g/mol. The Labute approximate surface area is 117 Å². The quantitative estimate of drug-likeness (QED) is 0.629. The van der Waals surface area contributed by atoms with Gasteiger partial charge in [0.25, 0.3) is 0 Å². The fourth-order valence-electron chi connectivity index (χ4n) is 2.47. The van der Waals surface area contributed by atoms with Crippen LogP contribution in [0.4, 0.5) is 17.3 Å². The van der Waals surface area contributed by atoms with Gasteiger partial charge in [0.1, 0.15) is 5.82 Å². The first-order valence-electron chi connectivity index (χ1n) is 6.85. The molecule has 0 amide bonds. The Morgan fingerprint density at radius 3 is 2.95 bits per heavy atom. The van der Waals surface area contributed by atoms with Crippen molar-refractivity contribution in [3.8, 4) is 0 Å². The molecule has 1 saturated heterocycles. The lowest BCUT2D eigenvalue weighted by Crippen LogP contribution is -2.25. The van der Waals surface area contributed by atoms with E-state index >= 15 is 0 Å². The van der Waals surface area contributed by atoms with E-state index in [9.17, 15) is 15.2 Å². The minimum absolute atomic E-state index is 0.0119. The molecule has 7 nitrogen and oxygen atoms in total. The van der Waals surface area contributed by atoms with Gasteiger partial charge in [0.2, 0.25) is 5.82 Å². The third kappa shape index (κ3) is 2.98. The second-order valence-corrected chi connectivity index (χ2v) is 5.06. The van der Waals surface area contributed by atoms with Crippen LogP contribution < -0.4 is 10.2 Å². The zero-order valence-corrected chi connectivity index (χ0v) is 11.7. The van der Waals surface area contributed by atoms with Crippen LogP contribution in [0.25, 0.3) is 0 Å². The van der Waals surface area contributed by atoms with E-state index in [1.165, 1.54) is 6.07 Å². The second kappa shape index (κ2) is 6.04. The number of hydrogen-bond acceptors (Lipinski definition) is 6. The molecule has 1 aromatic heterocycles. The molecule has 1 fully saturated rings. The predicted molar refractivity (Wildman–Crippen MR) is 77.1 cm³/mol. The molecule has 110 valence electrons. The van der Waals surface area contributed by atoms with Crippen LogP contribution in [0.5, 0.6) is 0 Å². The number of hydrogen-bond donors (Lipinski definition) is 2. The Hall–Kier alpha value is -1.89. The first kappa shape index (κ1) is 14.5. The summed E-state index contributed by atoms with van der Waals surface area (Å²) in [5.74, 6) is 1.16. The second-order valence-electron chi connectivity index (χ2n) is 5.06. The van der Waals surface area contributed by atoms with Gasteiger partial charge in [-0.15, -0.1) is 0 Å². The maximum absolute atomic E-state index is 11.1. The van der Waals surface area contributed by atoms with Gasteiger partial charge in [-0.2, -0.15) is 0 Å². The summed E-state index contributed by atoms with van der Waals surface area (Å²) in [5.41, 5.74) is 0.0119. The summed E-state index contributed by atoms with van der Waals surface area (Å²) < 4.78 is 0. The SMILES string of the molecule is CCNc1ccc([N+](=O)[O-])c(N2CCC(C(C)O)C2)n1. The molecule has 0 bridgehead atoms. The lowest BCUT2D eigenvalue weighted by Gasteiger charge is -2.19. The van der Waals surface area contributed by atoms with Crippen molar-refractivity contribution in [2.45, 2.75) is 26.4 Å². The van der Waals surface area contributed by atoms with Crippen LogP contribution in [0.3, 0.4) is 0 Å². The molecule has 0 radical (unpaired) electrons. The van der Waals surface area contributed by atoms with Crippen LogP contribution in [0, 0.1) is 16.0 Å². The third-order valence-electron chi connectivity index (χ3n) is 3.62. The maximum atomic E-state index is 11.1. The van der Waals surface area contributed by atoms with E-state index < -0.39 is 11.0 Å². The highest BCUT2D eigenvalue weighted by atomic mass is 16.6. The van der Waals surface area contributed by atoms with Crippen molar-refractivity contribution in [2.75, 3.05) is 29.9 Å². The topological polar surface area (TPSA) is 91.5 Å². The molecule has 0 aromatic carbocycles. The summed E-state index contributed by atoms with van der Waals surface area (Å²) in [6, 6.07) is 3.10. The van der Waals surface area contributed by atoms with Crippen LogP contribution in [0.15, 0.2) is 12.1 Å². The molecule has 2 atom stereocenters. The van der Waals surface area contributed by atoms with Crippen LogP contribution in [0.1, 0.15) is 20.3 Å². The molecule has 1 aliphatic heterocycles. The lowest BCUT2D eigenvalue weighted by molar-refractivity contribution is -0.384. The number of rotatable bonds is 5. The van der Waals surface area contributed by atoms with Crippen molar-refractivity contribution in [1.29, 1.82) is 0 Å². The zero-order chi connectivity index (χ0) is 14.7. The largest absolute Gasteiger partial charge is 0.393 e. The van der Waals surface area contributed by atoms with Gasteiger partial charge in [-0.25, -0.2) is 4.98 Å². The van der Waals surface area contributed by atoms with Crippen LogP contribution in [-0.4, -0.2) is 40.8 Å². The van der Waals surface area contributed by atoms with Crippen LogP contribution >= 0.6 is 0 Å². The molecule has 2 unspecified atom stereocenters. The summed E-state index contributed by atoms with van der Waals surface area (Å²) >= 11 is 0. The molecule has 0 saturated carbocycles. The van der Waals surface area contributed by atoms with Crippen molar-refractivity contribution in [3.05, 3.63) is 22.2 Å². The highest BCUT2D eigenvalue weighted by molar-refractivity contribution is 5.62. The van der Waals surface area contributed by atoms with Gasteiger partial charge >= 0.3 is 5.69 Å². The predicted octanol–water partition coefficient (Wildman–Crippen LogP) is 1.63. The number of nitrogens with zero attached hydrogens (tertiary/aromatic N) is 3. The highest BCUT2D eigenvalue weighted by Gasteiger charge is 2.31. The molecule has 7 heteroatoms. The van der Waals surface area contributed by atoms with Gasteiger partial charge in [0.15, 0.2) is 0 Å². The molecular formula is C13H20N4O3. The monoisotopic (exact) mass is 280 g/mol. The summed E-state index contributed by atoms with van der Waals surface area (Å²) in [5, 5.41) is 23.8. The molecule has 2 N–H and O–H groups in total. The van der Waals surface area contributed by atoms with Crippen LogP contribution in [0.2, 0.25) is 0 Å². The van der Waals surface area contributed by atoms with Crippen molar-refractivity contribution in [3.63, 3.8) is 0 Å². The molecule has 1 aromatic rings. The standard InChI is InChI=1S/C13H20N4O3/c1-3-14-12-5-4-11(17(19)20)13(15-12)16-7-6-10(8-16)9(2)18/h4-5,9-10,18H,3,6-8H2,1-2H3,(H,14,15). The number of aliphatic hydroxyl groups excluding tert-OH is 1. The maximum Gasteiger partial charge on any atom is 0.311 e. The fourth-order valence-corrected chi connectivity index (χ4v) is 2.47. The van der Waals surface area contributed by atoms with Gasteiger partial charge in [-0.3, -0.25) is 10.1 Å². The zero-order valence-electron chi connectivity index (χ0n) is 11.7. The van der Waals surface area contributed by atoms with E-state index in [0.29, 0.717) is 31.3 Å². The van der Waals surface area contributed by atoms with E-state index in [2.05, 4.69) is 10.3 Å². The van der Waals surface area contributed by atoms with Crippen molar-refractivity contribution < 1.29 is 10.0 Å². The van der Waals surface area contributed by atoms with E-state index in [1.54, 1.807) is 13.0 Å². The number of anilines is 2. The number of nitro groups is 1. The van der Waals surface area contributed by atoms with Crippen molar-refractivity contribution in [2.24, 2.45) is 5.92 Å². The number of nitrogens with one attached hydrogen (secondary N) is 1. The molecule has 0 aliphatic carbocycles. The van der Waals surface area contributed by atoms with E-state index in [1.807, 2.05) is 11.8 Å². The number of aromatic nitrogens is 1. The van der Waals surface area contributed by atoms with Crippen molar-refractivity contribution >= 4 is 17.3 Å². The highest BCUT2D eigenvalue weighted by Crippen LogP contribution is 2.32. The molecule has 0 spiro atoms. The Balaban J connectivity index is 2.28. The first-order valence-corrected chi connectivity index (χ1v) is 6.85. The van der Waals surface area contributed by atoms with Gasteiger partial charge in [-0.05, 0) is 26.3 Å². The molecule has 2 rings (SSSR count). The summed E-state index contributed by atoms with van der Waals surface area (Å²) in [6.07, 6.45) is 0.415. The lowest BCUT2D eigenvalue weighted by atomic mass is 10.0. The Bertz CT molecular complexity index is 493. The summed E-state index contributed by atoms with van der Waals surface area (Å²) in [4.78, 5) is 17.0. The molecule has 20 heavy (non-hydrogen) atoms. The van der Waals surface area contributed by atoms with E-state index in [-0.39, 0.29) is 11.6 Å². The Kier molecular flexibility index (Phi) is 4.39.